The van der Waals surface area contributed by atoms with E-state index in [2.05, 4.69) is 48.4 Å². The molecule has 1 unspecified atom stereocenters. The summed E-state index contributed by atoms with van der Waals surface area (Å²) in [5, 5.41) is 11.7. The van der Waals surface area contributed by atoms with Crippen molar-refractivity contribution >= 4 is 17.7 Å². The van der Waals surface area contributed by atoms with Gasteiger partial charge in [0.25, 0.3) is 0 Å². The summed E-state index contributed by atoms with van der Waals surface area (Å²) >= 11 is 1.24. The molecule has 0 spiro atoms. The SMILES string of the molecule is Cc1ccccc1C(C)NC(=O)CSc1nnc(COc2ccc(C(C)(C)C)cc2)n1N. The molecule has 1 heterocycles. The Balaban J connectivity index is 1.51. The zero-order valence-corrected chi connectivity index (χ0v) is 20.1. The Morgan fingerprint density at radius 1 is 1.16 bits per heavy atom. The normalized spacial score (nSPS) is 12.4. The van der Waals surface area contributed by atoms with E-state index in [-0.39, 0.29) is 29.7 Å². The topological polar surface area (TPSA) is 95.1 Å². The molecule has 1 atom stereocenters. The molecule has 0 fully saturated rings. The van der Waals surface area contributed by atoms with Gasteiger partial charge in [-0.1, -0.05) is 68.9 Å². The van der Waals surface area contributed by atoms with Crippen molar-refractivity contribution in [3.63, 3.8) is 0 Å². The van der Waals surface area contributed by atoms with Crippen LogP contribution in [0.1, 0.15) is 56.3 Å². The van der Waals surface area contributed by atoms with Gasteiger partial charge in [0.15, 0.2) is 5.82 Å². The van der Waals surface area contributed by atoms with Gasteiger partial charge >= 0.3 is 0 Å². The van der Waals surface area contributed by atoms with Crippen LogP contribution in [0.15, 0.2) is 53.7 Å². The molecule has 1 amide bonds. The number of nitrogens with one attached hydrogen (secondary N) is 1. The fourth-order valence-corrected chi connectivity index (χ4v) is 3.95. The zero-order valence-electron chi connectivity index (χ0n) is 19.3. The standard InChI is InChI=1S/C24H31N5O2S/c1-16-8-6-7-9-20(16)17(2)26-22(30)15-32-23-28-27-21(29(23)25)14-31-19-12-10-18(11-13-19)24(3,4)5/h6-13,17H,14-15,25H2,1-5H3,(H,26,30). The highest BCUT2D eigenvalue weighted by Crippen LogP contribution is 2.25. The Hall–Kier alpha value is -3.00. The van der Waals surface area contributed by atoms with Crippen molar-refractivity contribution in [2.24, 2.45) is 0 Å². The molecule has 3 rings (SSSR count). The van der Waals surface area contributed by atoms with Gasteiger partial charge in [0.1, 0.15) is 12.4 Å². The second-order valence-corrected chi connectivity index (χ2v) is 9.71. The van der Waals surface area contributed by atoms with Gasteiger partial charge in [-0.25, -0.2) is 4.68 Å². The number of hydrogen-bond donors (Lipinski definition) is 2. The molecule has 32 heavy (non-hydrogen) atoms. The number of hydrogen-bond acceptors (Lipinski definition) is 6. The lowest BCUT2D eigenvalue weighted by Gasteiger charge is -2.19. The average Bonchev–Trinajstić information content (AvgIpc) is 3.10. The molecule has 0 aliphatic rings. The van der Waals surface area contributed by atoms with Crippen molar-refractivity contribution in [2.75, 3.05) is 11.6 Å². The first-order chi connectivity index (χ1) is 15.1. The summed E-state index contributed by atoms with van der Waals surface area (Å²) in [5.74, 6) is 7.43. The first-order valence-electron chi connectivity index (χ1n) is 10.6. The molecular weight excluding hydrogens is 422 g/mol. The van der Waals surface area contributed by atoms with E-state index in [0.29, 0.717) is 11.0 Å². The molecular formula is C24H31N5O2S. The molecule has 0 aliphatic heterocycles. The van der Waals surface area contributed by atoms with Gasteiger partial charge < -0.3 is 15.9 Å². The van der Waals surface area contributed by atoms with Crippen molar-refractivity contribution in [2.45, 2.75) is 57.8 Å². The smallest absolute Gasteiger partial charge is 0.230 e. The number of nitrogen functional groups attached to an aromatic ring is 1. The fourth-order valence-electron chi connectivity index (χ4n) is 3.27. The summed E-state index contributed by atoms with van der Waals surface area (Å²) in [6.07, 6.45) is 0. The summed E-state index contributed by atoms with van der Waals surface area (Å²) in [5.41, 5.74) is 3.57. The van der Waals surface area contributed by atoms with E-state index in [1.165, 1.54) is 22.0 Å². The molecule has 170 valence electrons. The maximum absolute atomic E-state index is 12.4. The van der Waals surface area contributed by atoms with Crippen LogP contribution in [0.25, 0.3) is 0 Å². The largest absolute Gasteiger partial charge is 0.486 e. The molecule has 3 N–H and O–H groups in total. The Bertz CT molecular complexity index is 1060. The number of thioether (sulfide) groups is 1. The number of benzene rings is 2. The quantitative estimate of drug-likeness (QED) is 0.393. The van der Waals surface area contributed by atoms with E-state index in [1.807, 2.05) is 50.2 Å². The molecule has 0 aliphatic carbocycles. The molecule has 0 saturated carbocycles. The first kappa shape index (κ1) is 23.7. The third kappa shape index (κ3) is 6.03. The number of carbonyl (C=O) groups excluding carboxylic acids is 1. The van der Waals surface area contributed by atoms with Crippen molar-refractivity contribution in [1.29, 1.82) is 0 Å². The van der Waals surface area contributed by atoms with Gasteiger partial charge in [-0.05, 0) is 48.1 Å². The minimum absolute atomic E-state index is 0.0753. The van der Waals surface area contributed by atoms with Crippen LogP contribution in [0.4, 0.5) is 0 Å². The Labute approximate surface area is 193 Å². The highest BCUT2D eigenvalue weighted by Gasteiger charge is 2.16. The lowest BCUT2D eigenvalue weighted by Crippen LogP contribution is -2.28. The highest BCUT2D eigenvalue weighted by molar-refractivity contribution is 7.99. The van der Waals surface area contributed by atoms with Crippen LogP contribution in [0.2, 0.25) is 0 Å². The van der Waals surface area contributed by atoms with Crippen LogP contribution in [-0.4, -0.2) is 26.5 Å². The molecule has 0 radical (unpaired) electrons. The van der Waals surface area contributed by atoms with Gasteiger partial charge in [-0.2, -0.15) is 0 Å². The van der Waals surface area contributed by atoms with Crippen molar-refractivity contribution < 1.29 is 9.53 Å². The maximum atomic E-state index is 12.4. The van der Waals surface area contributed by atoms with Gasteiger partial charge in [0.2, 0.25) is 11.1 Å². The van der Waals surface area contributed by atoms with Crippen LogP contribution in [0.3, 0.4) is 0 Å². The maximum Gasteiger partial charge on any atom is 0.230 e. The highest BCUT2D eigenvalue weighted by atomic mass is 32.2. The van der Waals surface area contributed by atoms with Crippen LogP contribution in [0.5, 0.6) is 5.75 Å². The number of rotatable bonds is 8. The summed E-state index contributed by atoms with van der Waals surface area (Å²) in [6, 6.07) is 15.9. The number of aromatic nitrogens is 3. The minimum Gasteiger partial charge on any atom is -0.486 e. The van der Waals surface area contributed by atoms with Gasteiger partial charge in [0.05, 0.1) is 11.8 Å². The molecule has 8 heteroatoms. The summed E-state index contributed by atoms with van der Waals surface area (Å²) in [4.78, 5) is 12.4. The van der Waals surface area contributed by atoms with Gasteiger partial charge in [-0.15, -0.1) is 10.2 Å². The minimum atomic E-state index is -0.0921. The van der Waals surface area contributed by atoms with E-state index in [9.17, 15) is 4.79 Å². The van der Waals surface area contributed by atoms with E-state index >= 15 is 0 Å². The molecule has 7 nitrogen and oxygen atoms in total. The number of nitrogens with zero attached hydrogens (tertiary/aromatic N) is 3. The predicted molar refractivity (Wildman–Crippen MR) is 128 cm³/mol. The zero-order chi connectivity index (χ0) is 23.3. The second kappa shape index (κ2) is 10.1. The summed E-state index contributed by atoms with van der Waals surface area (Å²) in [6.45, 7) is 10.7. The van der Waals surface area contributed by atoms with Crippen molar-refractivity contribution in [3.05, 3.63) is 71.0 Å². The van der Waals surface area contributed by atoms with E-state index in [4.69, 9.17) is 10.6 Å². The molecule has 2 aromatic carbocycles. The molecule has 1 aromatic heterocycles. The van der Waals surface area contributed by atoms with E-state index in [0.717, 1.165) is 16.9 Å². The number of carbonyl (C=O) groups is 1. The monoisotopic (exact) mass is 453 g/mol. The lowest BCUT2D eigenvalue weighted by atomic mass is 9.87. The second-order valence-electron chi connectivity index (χ2n) is 8.77. The third-order valence-electron chi connectivity index (χ3n) is 5.19. The van der Waals surface area contributed by atoms with Gasteiger partial charge in [-0.3, -0.25) is 4.79 Å². The van der Waals surface area contributed by atoms with Gasteiger partial charge in [0, 0.05) is 0 Å². The molecule has 0 saturated heterocycles. The summed E-state index contributed by atoms with van der Waals surface area (Å²) < 4.78 is 7.17. The number of nitrogens with two attached hydrogens (primary N) is 1. The molecule has 0 bridgehead atoms. The van der Waals surface area contributed by atoms with Crippen LogP contribution in [-0.2, 0) is 16.8 Å². The fraction of sp³-hybridized carbons (Fsp3) is 0.375. The van der Waals surface area contributed by atoms with E-state index in [1.54, 1.807) is 0 Å². The van der Waals surface area contributed by atoms with Crippen LogP contribution >= 0.6 is 11.8 Å². The predicted octanol–water partition coefficient (Wildman–Crippen LogP) is 4.15. The number of aryl methyl sites for hydroxylation is 1. The Morgan fingerprint density at radius 2 is 1.84 bits per heavy atom. The van der Waals surface area contributed by atoms with Crippen molar-refractivity contribution in [3.8, 4) is 5.75 Å². The number of ether oxygens (including phenoxy) is 1. The third-order valence-corrected chi connectivity index (χ3v) is 6.13. The average molecular weight is 454 g/mol. The van der Waals surface area contributed by atoms with E-state index < -0.39 is 0 Å². The Morgan fingerprint density at radius 3 is 2.50 bits per heavy atom. The summed E-state index contributed by atoms with van der Waals surface area (Å²) in [7, 11) is 0. The lowest BCUT2D eigenvalue weighted by molar-refractivity contribution is -0.119. The number of amides is 1. The van der Waals surface area contributed by atoms with Crippen molar-refractivity contribution in [1.82, 2.24) is 20.2 Å². The molecule has 3 aromatic rings. The first-order valence-corrected chi connectivity index (χ1v) is 11.5. The Kier molecular flexibility index (Phi) is 7.45. The van der Waals surface area contributed by atoms with Crippen LogP contribution in [0, 0.1) is 6.92 Å². The van der Waals surface area contributed by atoms with Crippen LogP contribution < -0.4 is 15.9 Å².